The molecule has 0 bridgehead atoms. The molecule has 21 heavy (non-hydrogen) atoms. The first-order chi connectivity index (χ1) is 9.97. The standard InChI is InChI=1S/C14H24F3N3O/c15-14(16,17)10-19-13(21)20-9-3-1-2-4-12(20)11-5-7-18-8-6-11/h11-12,18H,1-10H2,(H,19,21). The van der Waals surface area contributed by atoms with E-state index in [9.17, 15) is 18.0 Å². The lowest BCUT2D eigenvalue weighted by Gasteiger charge is -2.38. The van der Waals surface area contributed by atoms with Crippen molar-refractivity contribution in [3.05, 3.63) is 0 Å². The number of carbonyl (C=O) groups is 1. The average molecular weight is 307 g/mol. The Morgan fingerprint density at radius 1 is 1.14 bits per heavy atom. The van der Waals surface area contributed by atoms with Crippen molar-refractivity contribution < 1.29 is 18.0 Å². The van der Waals surface area contributed by atoms with Crippen LogP contribution in [-0.2, 0) is 0 Å². The molecule has 1 atom stereocenters. The van der Waals surface area contributed by atoms with E-state index in [-0.39, 0.29) is 6.04 Å². The van der Waals surface area contributed by atoms with E-state index in [2.05, 4.69) is 5.32 Å². The summed E-state index contributed by atoms with van der Waals surface area (Å²) in [5.74, 6) is 0.404. The first-order valence-corrected chi connectivity index (χ1v) is 7.79. The van der Waals surface area contributed by atoms with E-state index >= 15 is 0 Å². The Bertz CT molecular complexity index is 343. The van der Waals surface area contributed by atoms with Gasteiger partial charge in [0.1, 0.15) is 6.54 Å². The zero-order valence-electron chi connectivity index (χ0n) is 12.2. The Morgan fingerprint density at radius 2 is 1.86 bits per heavy atom. The van der Waals surface area contributed by atoms with Crippen LogP contribution < -0.4 is 10.6 Å². The van der Waals surface area contributed by atoms with Crippen LogP contribution in [0.3, 0.4) is 0 Å². The summed E-state index contributed by atoms with van der Waals surface area (Å²) in [5, 5.41) is 5.33. The van der Waals surface area contributed by atoms with E-state index in [4.69, 9.17) is 0 Å². The second-order valence-corrected chi connectivity index (χ2v) is 5.97. The molecule has 0 aromatic heterocycles. The molecule has 2 heterocycles. The van der Waals surface area contributed by atoms with Gasteiger partial charge in [-0.2, -0.15) is 13.2 Å². The van der Waals surface area contributed by atoms with Gasteiger partial charge in [0.15, 0.2) is 0 Å². The minimum absolute atomic E-state index is 0.0860. The van der Waals surface area contributed by atoms with Crippen LogP contribution in [0.25, 0.3) is 0 Å². The lowest BCUT2D eigenvalue weighted by Crippen LogP contribution is -2.52. The highest BCUT2D eigenvalue weighted by molar-refractivity contribution is 5.74. The molecule has 0 aromatic carbocycles. The largest absolute Gasteiger partial charge is 0.405 e. The average Bonchev–Trinajstić information content (AvgIpc) is 2.70. The topological polar surface area (TPSA) is 44.4 Å². The lowest BCUT2D eigenvalue weighted by atomic mass is 9.87. The number of nitrogens with zero attached hydrogens (tertiary/aromatic N) is 1. The molecule has 2 fully saturated rings. The van der Waals surface area contributed by atoms with Crippen molar-refractivity contribution in [1.29, 1.82) is 0 Å². The minimum Gasteiger partial charge on any atom is -0.329 e. The lowest BCUT2D eigenvalue weighted by molar-refractivity contribution is -0.123. The summed E-state index contributed by atoms with van der Waals surface area (Å²) in [6, 6.07) is -0.472. The number of nitrogens with one attached hydrogen (secondary N) is 2. The summed E-state index contributed by atoms with van der Waals surface area (Å²) in [6.07, 6.45) is 1.51. The Hall–Kier alpha value is -0.980. The van der Waals surface area contributed by atoms with Crippen molar-refractivity contribution in [2.75, 3.05) is 26.2 Å². The number of alkyl halides is 3. The number of halogens is 3. The third-order valence-corrected chi connectivity index (χ3v) is 4.43. The van der Waals surface area contributed by atoms with Crippen LogP contribution in [0, 0.1) is 5.92 Å². The van der Waals surface area contributed by atoms with E-state index in [1.165, 1.54) is 0 Å². The van der Waals surface area contributed by atoms with Gasteiger partial charge in [-0.25, -0.2) is 4.79 Å². The molecule has 2 amide bonds. The molecule has 0 aromatic rings. The molecule has 4 nitrogen and oxygen atoms in total. The molecule has 0 spiro atoms. The molecule has 122 valence electrons. The van der Waals surface area contributed by atoms with E-state index in [1.54, 1.807) is 4.90 Å². The fourth-order valence-electron chi connectivity index (χ4n) is 3.38. The Kier molecular flexibility index (Phi) is 5.72. The first kappa shape index (κ1) is 16.4. The third-order valence-electron chi connectivity index (χ3n) is 4.43. The van der Waals surface area contributed by atoms with Crippen LogP contribution >= 0.6 is 0 Å². The maximum Gasteiger partial charge on any atom is 0.405 e. The van der Waals surface area contributed by atoms with Gasteiger partial charge in [0.25, 0.3) is 0 Å². The van der Waals surface area contributed by atoms with Crippen molar-refractivity contribution >= 4 is 6.03 Å². The van der Waals surface area contributed by atoms with Gasteiger partial charge in [-0.05, 0) is 44.7 Å². The van der Waals surface area contributed by atoms with Gasteiger partial charge >= 0.3 is 12.2 Å². The Morgan fingerprint density at radius 3 is 2.52 bits per heavy atom. The first-order valence-electron chi connectivity index (χ1n) is 7.79. The molecule has 2 N–H and O–H groups in total. The van der Waals surface area contributed by atoms with Crippen molar-refractivity contribution in [2.24, 2.45) is 5.92 Å². The highest BCUT2D eigenvalue weighted by Gasteiger charge is 2.34. The number of amides is 2. The van der Waals surface area contributed by atoms with E-state index < -0.39 is 18.8 Å². The SMILES string of the molecule is O=C(NCC(F)(F)F)N1CCCCCC1C1CCNCC1. The summed E-state index contributed by atoms with van der Waals surface area (Å²) < 4.78 is 36.8. The van der Waals surface area contributed by atoms with Crippen molar-refractivity contribution in [2.45, 2.75) is 50.7 Å². The van der Waals surface area contributed by atoms with Crippen molar-refractivity contribution in [3.8, 4) is 0 Å². The number of rotatable bonds is 2. The Balaban J connectivity index is 1.99. The van der Waals surface area contributed by atoms with Crippen LogP contribution in [0.4, 0.5) is 18.0 Å². The number of likely N-dealkylation sites (tertiary alicyclic amines) is 1. The van der Waals surface area contributed by atoms with Crippen LogP contribution in [-0.4, -0.2) is 49.3 Å². The second kappa shape index (κ2) is 7.33. The zero-order valence-corrected chi connectivity index (χ0v) is 12.2. The maximum absolute atomic E-state index is 12.3. The highest BCUT2D eigenvalue weighted by atomic mass is 19.4. The van der Waals surface area contributed by atoms with Crippen molar-refractivity contribution in [1.82, 2.24) is 15.5 Å². The normalized spacial score (nSPS) is 25.5. The van der Waals surface area contributed by atoms with Crippen LogP contribution in [0.5, 0.6) is 0 Å². The number of urea groups is 1. The van der Waals surface area contributed by atoms with Crippen LogP contribution in [0.1, 0.15) is 38.5 Å². The zero-order chi connectivity index (χ0) is 15.3. The maximum atomic E-state index is 12.3. The molecule has 7 heteroatoms. The molecule has 0 saturated carbocycles. The Labute approximate surface area is 123 Å². The number of piperidine rings is 1. The van der Waals surface area contributed by atoms with Crippen molar-refractivity contribution in [3.63, 3.8) is 0 Å². The summed E-state index contributed by atoms with van der Waals surface area (Å²) in [6.45, 7) is 1.18. The molecule has 1 unspecified atom stereocenters. The van der Waals surface area contributed by atoms with Gasteiger partial charge in [-0.15, -0.1) is 0 Å². The second-order valence-electron chi connectivity index (χ2n) is 5.97. The fourth-order valence-corrected chi connectivity index (χ4v) is 3.38. The fraction of sp³-hybridized carbons (Fsp3) is 0.929. The molecule has 2 saturated heterocycles. The van der Waals surface area contributed by atoms with Gasteiger partial charge in [-0.1, -0.05) is 12.8 Å². The van der Waals surface area contributed by atoms with E-state index in [0.717, 1.165) is 51.6 Å². The molecule has 2 aliphatic rings. The predicted octanol–water partition coefficient (Wildman–Crippen LogP) is 2.50. The van der Waals surface area contributed by atoms with Gasteiger partial charge < -0.3 is 15.5 Å². The summed E-state index contributed by atoms with van der Waals surface area (Å²) in [7, 11) is 0. The van der Waals surface area contributed by atoms with E-state index in [1.807, 2.05) is 5.32 Å². The number of hydrogen-bond acceptors (Lipinski definition) is 2. The summed E-state index contributed by atoms with van der Waals surface area (Å²) in [5.41, 5.74) is 0. The van der Waals surface area contributed by atoms with Crippen LogP contribution in [0.2, 0.25) is 0 Å². The predicted molar refractivity (Wildman–Crippen MR) is 74.0 cm³/mol. The van der Waals surface area contributed by atoms with Gasteiger partial charge in [0.2, 0.25) is 0 Å². The molecule has 0 aliphatic carbocycles. The van der Waals surface area contributed by atoms with Gasteiger partial charge in [0, 0.05) is 12.6 Å². The van der Waals surface area contributed by atoms with Crippen LogP contribution in [0.15, 0.2) is 0 Å². The molecular formula is C14H24F3N3O. The quantitative estimate of drug-likeness (QED) is 0.823. The smallest absolute Gasteiger partial charge is 0.329 e. The number of hydrogen-bond donors (Lipinski definition) is 2. The van der Waals surface area contributed by atoms with E-state index in [0.29, 0.717) is 12.5 Å². The minimum atomic E-state index is -4.36. The summed E-state index contributed by atoms with van der Waals surface area (Å²) in [4.78, 5) is 13.8. The monoisotopic (exact) mass is 307 g/mol. The highest BCUT2D eigenvalue weighted by Crippen LogP contribution is 2.28. The molecule has 0 radical (unpaired) electrons. The third kappa shape index (κ3) is 5.05. The molecular weight excluding hydrogens is 283 g/mol. The van der Waals surface area contributed by atoms with Gasteiger partial charge in [0.05, 0.1) is 0 Å². The summed E-state index contributed by atoms with van der Waals surface area (Å²) >= 11 is 0. The number of carbonyl (C=O) groups excluding carboxylic acids is 1. The van der Waals surface area contributed by atoms with Gasteiger partial charge in [-0.3, -0.25) is 0 Å². The molecule has 2 aliphatic heterocycles. The molecule has 2 rings (SSSR count).